The summed E-state index contributed by atoms with van der Waals surface area (Å²) in [7, 11) is 0. The van der Waals surface area contributed by atoms with Crippen LogP contribution in [0.1, 0.15) is 44.2 Å². The molecule has 2 rings (SSSR count). The van der Waals surface area contributed by atoms with E-state index < -0.39 is 5.97 Å². The average Bonchev–Trinajstić information content (AvgIpc) is 2.93. The average molecular weight is 253 g/mol. The molecule has 18 heavy (non-hydrogen) atoms. The molecule has 0 amide bonds. The number of H-pyrrole nitrogens is 1. The van der Waals surface area contributed by atoms with E-state index in [0.29, 0.717) is 12.5 Å². The molecule has 0 aromatic carbocycles. The Morgan fingerprint density at radius 1 is 1.50 bits per heavy atom. The topological polar surface area (TPSA) is 90.1 Å². The SMILES string of the molecule is CCOC(=O)Cn1[nH]c(C2CCCC2)c(N)c1=O. The van der Waals surface area contributed by atoms with Gasteiger partial charge in [-0.1, -0.05) is 12.8 Å². The molecule has 1 heterocycles. The highest BCUT2D eigenvalue weighted by atomic mass is 16.5. The van der Waals surface area contributed by atoms with E-state index >= 15 is 0 Å². The van der Waals surface area contributed by atoms with Crippen LogP contribution in [0.4, 0.5) is 5.69 Å². The number of hydrogen-bond donors (Lipinski definition) is 2. The summed E-state index contributed by atoms with van der Waals surface area (Å²) < 4.78 is 6.05. The van der Waals surface area contributed by atoms with Crippen molar-refractivity contribution in [3.05, 3.63) is 16.0 Å². The fourth-order valence-electron chi connectivity index (χ4n) is 2.49. The highest BCUT2D eigenvalue weighted by molar-refractivity contribution is 5.69. The summed E-state index contributed by atoms with van der Waals surface area (Å²) in [5.41, 5.74) is 6.51. The molecule has 1 aromatic heterocycles. The predicted molar refractivity (Wildman–Crippen MR) is 67.3 cm³/mol. The molecular formula is C12H19N3O3. The lowest BCUT2D eigenvalue weighted by Gasteiger charge is -2.07. The highest BCUT2D eigenvalue weighted by Crippen LogP contribution is 2.34. The second kappa shape index (κ2) is 5.29. The van der Waals surface area contributed by atoms with Gasteiger partial charge in [0.15, 0.2) is 0 Å². The van der Waals surface area contributed by atoms with Gasteiger partial charge < -0.3 is 10.5 Å². The zero-order valence-corrected chi connectivity index (χ0v) is 10.6. The molecule has 0 spiro atoms. The number of aromatic amines is 1. The maximum atomic E-state index is 11.9. The van der Waals surface area contributed by atoms with E-state index in [1.54, 1.807) is 6.92 Å². The number of nitrogens with one attached hydrogen (secondary N) is 1. The number of carbonyl (C=O) groups excluding carboxylic acids is 1. The van der Waals surface area contributed by atoms with Gasteiger partial charge in [0.2, 0.25) is 0 Å². The van der Waals surface area contributed by atoms with E-state index in [2.05, 4.69) is 5.10 Å². The Morgan fingerprint density at radius 3 is 2.78 bits per heavy atom. The Morgan fingerprint density at radius 2 is 2.17 bits per heavy atom. The van der Waals surface area contributed by atoms with Crippen molar-refractivity contribution in [3.63, 3.8) is 0 Å². The van der Waals surface area contributed by atoms with Gasteiger partial charge in [0.25, 0.3) is 5.56 Å². The fourth-order valence-corrected chi connectivity index (χ4v) is 2.49. The van der Waals surface area contributed by atoms with Crippen LogP contribution in [0, 0.1) is 0 Å². The third kappa shape index (κ3) is 2.42. The van der Waals surface area contributed by atoms with Crippen LogP contribution in [0.15, 0.2) is 4.79 Å². The molecular weight excluding hydrogens is 234 g/mol. The van der Waals surface area contributed by atoms with Crippen molar-refractivity contribution in [2.24, 2.45) is 0 Å². The van der Waals surface area contributed by atoms with E-state index in [-0.39, 0.29) is 17.8 Å². The molecule has 0 aliphatic heterocycles. The molecule has 1 saturated carbocycles. The number of ether oxygens (including phenoxy) is 1. The van der Waals surface area contributed by atoms with E-state index in [9.17, 15) is 9.59 Å². The lowest BCUT2D eigenvalue weighted by atomic mass is 10.0. The van der Waals surface area contributed by atoms with Crippen LogP contribution >= 0.6 is 0 Å². The van der Waals surface area contributed by atoms with E-state index in [1.165, 1.54) is 4.68 Å². The van der Waals surface area contributed by atoms with Crippen molar-refractivity contribution in [1.82, 2.24) is 9.78 Å². The van der Waals surface area contributed by atoms with E-state index in [0.717, 1.165) is 31.4 Å². The minimum absolute atomic E-state index is 0.108. The normalized spacial score (nSPS) is 16.1. The first-order valence-corrected chi connectivity index (χ1v) is 6.37. The second-order valence-electron chi connectivity index (χ2n) is 4.62. The van der Waals surface area contributed by atoms with Crippen LogP contribution < -0.4 is 11.3 Å². The fraction of sp³-hybridized carbons (Fsp3) is 0.667. The summed E-state index contributed by atoms with van der Waals surface area (Å²) in [5, 5.41) is 2.96. The van der Waals surface area contributed by atoms with Crippen LogP contribution in [0.25, 0.3) is 0 Å². The Labute approximate surface area is 105 Å². The maximum Gasteiger partial charge on any atom is 0.327 e. The molecule has 6 heteroatoms. The van der Waals surface area contributed by atoms with Crippen molar-refractivity contribution in [3.8, 4) is 0 Å². The molecule has 0 unspecified atom stereocenters. The molecule has 0 atom stereocenters. The smallest absolute Gasteiger partial charge is 0.327 e. The van der Waals surface area contributed by atoms with Gasteiger partial charge in [-0.25, -0.2) is 4.68 Å². The monoisotopic (exact) mass is 253 g/mol. The van der Waals surface area contributed by atoms with Crippen molar-refractivity contribution < 1.29 is 9.53 Å². The minimum atomic E-state index is -0.432. The molecule has 1 aromatic rings. The zero-order chi connectivity index (χ0) is 13.1. The zero-order valence-electron chi connectivity index (χ0n) is 10.6. The van der Waals surface area contributed by atoms with Gasteiger partial charge >= 0.3 is 5.97 Å². The van der Waals surface area contributed by atoms with Gasteiger partial charge in [-0.15, -0.1) is 0 Å². The minimum Gasteiger partial charge on any atom is -0.465 e. The lowest BCUT2D eigenvalue weighted by Crippen LogP contribution is -2.24. The quantitative estimate of drug-likeness (QED) is 0.783. The van der Waals surface area contributed by atoms with Crippen LogP contribution in [-0.4, -0.2) is 22.4 Å². The molecule has 1 aliphatic carbocycles. The van der Waals surface area contributed by atoms with Crippen molar-refractivity contribution >= 4 is 11.7 Å². The van der Waals surface area contributed by atoms with Crippen molar-refractivity contribution in [2.75, 3.05) is 12.3 Å². The van der Waals surface area contributed by atoms with Crippen molar-refractivity contribution in [1.29, 1.82) is 0 Å². The predicted octanol–water partition coefficient (Wildman–Crippen LogP) is 0.979. The van der Waals surface area contributed by atoms with Crippen LogP contribution in [-0.2, 0) is 16.1 Å². The molecule has 0 saturated heterocycles. The highest BCUT2D eigenvalue weighted by Gasteiger charge is 2.24. The van der Waals surface area contributed by atoms with E-state index in [1.807, 2.05) is 0 Å². The molecule has 100 valence electrons. The first-order chi connectivity index (χ1) is 8.63. The lowest BCUT2D eigenvalue weighted by molar-refractivity contribution is -0.144. The van der Waals surface area contributed by atoms with Crippen LogP contribution in [0.5, 0.6) is 0 Å². The third-order valence-corrected chi connectivity index (χ3v) is 3.38. The first-order valence-electron chi connectivity index (χ1n) is 6.37. The number of rotatable bonds is 4. The third-order valence-electron chi connectivity index (χ3n) is 3.38. The standard InChI is InChI=1S/C12H19N3O3/c1-2-18-9(16)7-15-12(17)10(13)11(14-15)8-5-3-4-6-8/h8,14H,2-7,13H2,1H3. The van der Waals surface area contributed by atoms with Gasteiger partial charge in [-0.3, -0.25) is 14.7 Å². The summed E-state index contributed by atoms with van der Waals surface area (Å²) in [6.45, 7) is 1.93. The first kappa shape index (κ1) is 12.7. The molecule has 0 radical (unpaired) electrons. The van der Waals surface area contributed by atoms with Crippen LogP contribution in [0.2, 0.25) is 0 Å². The Hall–Kier alpha value is -1.72. The second-order valence-corrected chi connectivity index (χ2v) is 4.62. The number of carbonyl (C=O) groups is 1. The Balaban J connectivity index is 2.19. The number of esters is 1. The Bertz CT molecular complexity index is 483. The van der Waals surface area contributed by atoms with Crippen LogP contribution in [0.3, 0.4) is 0 Å². The molecule has 3 N–H and O–H groups in total. The summed E-state index contributed by atoms with van der Waals surface area (Å²) in [6.07, 6.45) is 4.41. The largest absolute Gasteiger partial charge is 0.465 e. The van der Waals surface area contributed by atoms with Crippen molar-refractivity contribution in [2.45, 2.75) is 45.1 Å². The maximum absolute atomic E-state index is 11.9. The molecule has 1 fully saturated rings. The summed E-state index contributed by atoms with van der Waals surface area (Å²) in [4.78, 5) is 23.2. The molecule has 6 nitrogen and oxygen atoms in total. The summed E-state index contributed by atoms with van der Waals surface area (Å²) in [5.74, 6) is -0.111. The summed E-state index contributed by atoms with van der Waals surface area (Å²) >= 11 is 0. The van der Waals surface area contributed by atoms with Gasteiger partial charge in [0.1, 0.15) is 12.2 Å². The van der Waals surface area contributed by atoms with E-state index in [4.69, 9.17) is 10.5 Å². The summed E-state index contributed by atoms with van der Waals surface area (Å²) in [6, 6.07) is 0. The number of anilines is 1. The number of nitrogens with zero attached hydrogens (tertiary/aromatic N) is 1. The number of nitrogen functional groups attached to an aromatic ring is 1. The van der Waals surface area contributed by atoms with Gasteiger partial charge in [-0.2, -0.15) is 0 Å². The van der Waals surface area contributed by atoms with Gasteiger partial charge in [0, 0.05) is 5.92 Å². The van der Waals surface area contributed by atoms with Gasteiger partial charge in [-0.05, 0) is 19.8 Å². The van der Waals surface area contributed by atoms with Gasteiger partial charge in [0.05, 0.1) is 12.3 Å². The molecule has 1 aliphatic rings. The number of nitrogens with two attached hydrogens (primary N) is 1. The number of aromatic nitrogens is 2. The number of hydrogen-bond acceptors (Lipinski definition) is 4. The Kier molecular flexibility index (Phi) is 3.74. The molecule has 0 bridgehead atoms.